The number of hydrogen-bond donors (Lipinski definition) is 1. The molecule has 1 N–H and O–H groups in total. The van der Waals surface area contributed by atoms with Crippen LogP contribution in [0.2, 0.25) is 0 Å². The summed E-state index contributed by atoms with van der Waals surface area (Å²) in [6.07, 6.45) is 0.809. The second kappa shape index (κ2) is 2.97. The molecule has 5 heteroatoms. The molecule has 0 bridgehead atoms. The maximum absolute atomic E-state index is 10.4. The number of aldehydes is 1. The Hall–Kier alpha value is -0.710. The summed E-state index contributed by atoms with van der Waals surface area (Å²) >= 11 is 7.05. The highest BCUT2D eigenvalue weighted by atomic mass is 35.5. The van der Waals surface area contributed by atoms with Gasteiger partial charge >= 0.3 is 0 Å². The number of halogens is 1. The van der Waals surface area contributed by atoms with E-state index >= 15 is 0 Å². The molecule has 0 fully saturated rings. The number of nitrogens with one attached hydrogen (secondary N) is 1. The summed E-state index contributed by atoms with van der Waals surface area (Å²) in [7, 11) is 0. The molecule has 0 amide bonds. The number of anilines is 1. The zero-order valence-electron chi connectivity index (χ0n) is 5.95. The molecule has 2 rings (SSSR count). The highest BCUT2D eigenvalue weighted by Gasteiger charge is 2.17. The van der Waals surface area contributed by atoms with Gasteiger partial charge in [-0.15, -0.1) is 0 Å². The Morgan fingerprint density at radius 3 is 3.17 bits per heavy atom. The third-order valence-corrected chi connectivity index (χ3v) is 2.62. The molecule has 3 nitrogen and oxygen atoms in total. The lowest BCUT2D eigenvalue weighted by atomic mass is 10.2. The smallest absolute Gasteiger partial charge is 0.150 e. The molecule has 12 heavy (non-hydrogen) atoms. The van der Waals surface area contributed by atoms with Gasteiger partial charge in [-0.2, -0.15) is 0 Å². The summed E-state index contributed by atoms with van der Waals surface area (Å²) in [6, 6.07) is 5.38. The fraction of sp³-hybridized carbons (Fsp3) is 0. The molecule has 0 unspecified atom stereocenters. The first-order valence-corrected chi connectivity index (χ1v) is 4.40. The van der Waals surface area contributed by atoms with Crippen LogP contribution in [0, 0.1) is 0 Å². The van der Waals surface area contributed by atoms with Gasteiger partial charge in [0.05, 0.1) is 10.6 Å². The van der Waals surface area contributed by atoms with E-state index in [1.807, 2.05) is 6.07 Å². The predicted octanol–water partition coefficient (Wildman–Crippen LogP) is 2.30. The van der Waals surface area contributed by atoms with E-state index in [2.05, 4.69) is 5.43 Å². The van der Waals surface area contributed by atoms with Crippen molar-refractivity contribution in [1.82, 2.24) is 3.93 Å². The van der Waals surface area contributed by atoms with Crippen LogP contribution in [-0.4, -0.2) is 10.2 Å². The summed E-state index contributed by atoms with van der Waals surface area (Å²) in [5, 5.41) is 0. The minimum absolute atomic E-state index is 0.647. The van der Waals surface area contributed by atoms with Crippen LogP contribution in [0.4, 0.5) is 5.69 Å². The SMILES string of the molecule is O=Cc1ccc2c(c1)NN(Cl)S2. The molecule has 0 spiro atoms. The molecule has 1 aromatic carbocycles. The fourth-order valence-electron chi connectivity index (χ4n) is 0.992. The topological polar surface area (TPSA) is 32.3 Å². The minimum Gasteiger partial charge on any atom is -0.298 e. The molecule has 1 aliphatic heterocycles. The van der Waals surface area contributed by atoms with E-state index < -0.39 is 0 Å². The van der Waals surface area contributed by atoms with Gasteiger partial charge in [-0.25, -0.2) is 0 Å². The number of hydrogen-bond acceptors (Lipinski definition) is 4. The van der Waals surface area contributed by atoms with Gasteiger partial charge in [-0.1, -0.05) is 10.00 Å². The van der Waals surface area contributed by atoms with Crippen molar-refractivity contribution in [3.63, 3.8) is 0 Å². The van der Waals surface area contributed by atoms with E-state index in [9.17, 15) is 4.79 Å². The van der Waals surface area contributed by atoms with Gasteiger partial charge in [0.1, 0.15) is 6.29 Å². The highest BCUT2D eigenvalue weighted by molar-refractivity contribution is 7.98. The highest BCUT2D eigenvalue weighted by Crippen LogP contribution is 2.38. The average Bonchev–Trinajstić information content (AvgIpc) is 2.43. The molecule has 0 aromatic heterocycles. The third-order valence-electron chi connectivity index (χ3n) is 1.53. The van der Waals surface area contributed by atoms with Crippen LogP contribution in [0.1, 0.15) is 10.4 Å². The largest absolute Gasteiger partial charge is 0.298 e. The second-order valence-corrected chi connectivity index (χ2v) is 3.85. The third kappa shape index (κ3) is 1.29. The van der Waals surface area contributed by atoms with Crippen LogP contribution in [0.3, 0.4) is 0 Å². The van der Waals surface area contributed by atoms with Crippen LogP contribution in [0.25, 0.3) is 0 Å². The standard InChI is InChI=1S/C7H5ClN2OS/c8-10-9-6-3-5(4-11)1-2-7(6)12-10/h1-4,9H. The van der Waals surface area contributed by atoms with Crippen molar-refractivity contribution < 1.29 is 4.79 Å². The van der Waals surface area contributed by atoms with Crippen molar-refractivity contribution in [3.05, 3.63) is 23.8 Å². The van der Waals surface area contributed by atoms with E-state index in [0.29, 0.717) is 5.56 Å². The number of nitrogens with zero attached hydrogens (tertiary/aromatic N) is 1. The van der Waals surface area contributed by atoms with E-state index in [0.717, 1.165) is 16.9 Å². The van der Waals surface area contributed by atoms with Gasteiger partial charge in [0.15, 0.2) is 0 Å². The minimum atomic E-state index is 0.647. The second-order valence-electron chi connectivity index (χ2n) is 2.32. The summed E-state index contributed by atoms with van der Waals surface area (Å²) in [5.41, 5.74) is 4.40. The van der Waals surface area contributed by atoms with Gasteiger partial charge < -0.3 is 0 Å². The summed E-state index contributed by atoms with van der Waals surface area (Å²) < 4.78 is 1.37. The fourth-order valence-corrected chi connectivity index (χ4v) is 1.95. The molecular formula is C7H5ClN2OS. The maximum atomic E-state index is 10.4. The zero-order chi connectivity index (χ0) is 8.55. The molecule has 1 aromatic rings. The van der Waals surface area contributed by atoms with Crippen molar-refractivity contribution in [2.45, 2.75) is 4.90 Å². The Morgan fingerprint density at radius 2 is 2.42 bits per heavy atom. The first-order valence-electron chi connectivity index (χ1n) is 3.29. The Morgan fingerprint density at radius 1 is 1.58 bits per heavy atom. The molecule has 1 aliphatic rings. The molecule has 0 saturated heterocycles. The number of benzene rings is 1. The average molecular weight is 201 g/mol. The van der Waals surface area contributed by atoms with Crippen molar-refractivity contribution in [2.24, 2.45) is 0 Å². The molecule has 0 saturated carbocycles. The predicted molar refractivity (Wildman–Crippen MR) is 49.0 cm³/mol. The molecule has 62 valence electrons. The summed E-state index contributed by atoms with van der Waals surface area (Å²) in [6.45, 7) is 0. The quantitative estimate of drug-likeness (QED) is 0.428. The van der Waals surface area contributed by atoms with Crippen LogP contribution in [0.5, 0.6) is 0 Å². The molecule has 1 heterocycles. The Bertz CT molecular complexity index is 331. The first-order chi connectivity index (χ1) is 5.79. The normalized spacial score (nSPS) is 15.4. The van der Waals surface area contributed by atoms with Crippen molar-refractivity contribution >= 4 is 35.7 Å². The van der Waals surface area contributed by atoms with Crippen LogP contribution in [0.15, 0.2) is 23.1 Å². The Kier molecular flexibility index (Phi) is 1.96. The Balaban J connectivity index is 2.41. The van der Waals surface area contributed by atoms with Gasteiger partial charge in [0.2, 0.25) is 0 Å². The van der Waals surface area contributed by atoms with Gasteiger partial charge in [0, 0.05) is 17.3 Å². The lowest BCUT2D eigenvalue weighted by molar-refractivity contribution is 0.112. The van der Waals surface area contributed by atoms with Gasteiger partial charge in [-0.3, -0.25) is 10.2 Å². The first kappa shape index (κ1) is 7.91. The summed E-state index contributed by atoms with van der Waals surface area (Å²) in [5.74, 6) is 0. The molecule has 0 aliphatic carbocycles. The molecular weight excluding hydrogens is 196 g/mol. The lowest BCUT2D eigenvalue weighted by Crippen LogP contribution is -2.03. The summed E-state index contributed by atoms with van der Waals surface area (Å²) in [4.78, 5) is 11.4. The van der Waals surface area contributed by atoms with Crippen LogP contribution in [-0.2, 0) is 0 Å². The molecule has 0 atom stereocenters. The number of carbonyl (C=O) groups is 1. The Labute approximate surface area is 78.9 Å². The molecule has 0 radical (unpaired) electrons. The van der Waals surface area contributed by atoms with Crippen LogP contribution >= 0.6 is 23.7 Å². The van der Waals surface area contributed by atoms with Crippen molar-refractivity contribution in [3.8, 4) is 0 Å². The van der Waals surface area contributed by atoms with Crippen LogP contribution < -0.4 is 5.43 Å². The van der Waals surface area contributed by atoms with E-state index in [4.69, 9.17) is 11.8 Å². The van der Waals surface area contributed by atoms with Gasteiger partial charge in [-0.05, 0) is 24.1 Å². The van der Waals surface area contributed by atoms with E-state index in [1.54, 1.807) is 12.1 Å². The van der Waals surface area contributed by atoms with E-state index in [-0.39, 0.29) is 0 Å². The number of rotatable bonds is 1. The number of hydrazine groups is 1. The maximum Gasteiger partial charge on any atom is 0.150 e. The number of carbonyl (C=O) groups excluding carboxylic acids is 1. The van der Waals surface area contributed by atoms with Crippen molar-refractivity contribution in [1.29, 1.82) is 0 Å². The lowest BCUT2D eigenvalue weighted by Gasteiger charge is -2.00. The van der Waals surface area contributed by atoms with Crippen molar-refractivity contribution in [2.75, 3.05) is 5.43 Å². The number of fused-ring (bicyclic) bond motifs is 1. The van der Waals surface area contributed by atoms with E-state index in [1.165, 1.54) is 15.9 Å². The monoisotopic (exact) mass is 200 g/mol. The van der Waals surface area contributed by atoms with Gasteiger partial charge in [0.25, 0.3) is 0 Å². The zero-order valence-corrected chi connectivity index (χ0v) is 7.52.